The van der Waals surface area contributed by atoms with Crippen molar-refractivity contribution < 1.29 is 18.9 Å². The lowest BCUT2D eigenvalue weighted by Gasteiger charge is -2.38. The number of rotatable bonds is 9. The standard InChI is InChI=1S/C30H33N3O4/c1-5-15-33-18-23(16-21-7-11-24(34-3)12-8-21)29-27(19-33)28(22-9-13-25(35-4)14-10-22)26(17-31)30(37-29)32-20-36-6-2/h7-14,16,20,28H,5-6,15,18-19H2,1-4H3/b23-16+,32-20?. The van der Waals surface area contributed by atoms with Gasteiger partial charge in [-0.25, -0.2) is 0 Å². The Kier molecular flexibility index (Phi) is 8.65. The van der Waals surface area contributed by atoms with Crippen LogP contribution in [0.2, 0.25) is 0 Å². The topological polar surface area (TPSA) is 76.3 Å². The van der Waals surface area contributed by atoms with E-state index in [9.17, 15) is 5.26 Å². The molecular weight excluding hydrogens is 466 g/mol. The first-order valence-electron chi connectivity index (χ1n) is 12.5. The normalized spacial score (nSPS) is 19.0. The molecule has 0 aromatic heterocycles. The number of hydrogen-bond acceptors (Lipinski definition) is 7. The summed E-state index contributed by atoms with van der Waals surface area (Å²) >= 11 is 0. The van der Waals surface area contributed by atoms with Gasteiger partial charge in [-0.1, -0.05) is 31.2 Å². The first kappa shape index (κ1) is 26.1. The fourth-order valence-electron chi connectivity index (χ4n) is 4.71. The number of ether oxygens (including phenoxy) is 4. The Balaban J connectivity index is 1.87. The minimum absolute atomic E-state index is 0.264. The molecule has 1 atom stereocenters. The Hall–Kier alpha value is -4.02. The number of benzene rings is 2. The minimum atomic E-state index is -0.299. The van der Waals surface area contributed by atoms with E-state index < -0.39 is 0 Å². The number of methoxy groups -OCH3 is 2. The summed E-state index contributed by atoms with van der Waals surface area (Å²) in [6.45, 7) is 6.91. The van der Waals surface area contributed by atoms with Gasteiger partial charge in [-0.15, -0.1) is 0 Å². The summed E-state index contributed by atoms with van der Waals surface area (Å²) in [6.07, 6.45) is 4.52. The van der Waals surface area contributed by atoms with Crippen LogP contribution < -0.4 is 9.47 Å². The van der Waals surface area contributed by atoms with Crippen LogP contribution in [0.25, 0.3) is 6.08 Å². The van der Waals surface area contributed by atoms with Crippen LogP contribution in [0.4, 0.5) is 0 Å². The van der Waals surface area contributed by atoms with Crippen LogP contribution >= 0.6 is 0 Å². The minimum Gasteiger partial charge on any atom is -0.497 e. The van der Waals surface area contributed by atoms with Crippen LogP contribution in [-0.4, -0.2) is 51.8 Å². The summed E-state index contributed by atoms with van der Waals surface area (Å²) in [5.74, 6) is 2.30. The molecule has 0 N–H and O–H groups in total. The van der Waals surface area contributed by atoms with Gasteiger partial charge in [0.15, 0.2) is 6.40 Å². The van der Waals surface area contributed by atoms with E-state index in [1.807, 2.05) is 55.5 Å². The van der Waals surface area contributed by atoms with Gasteiger partial charge in [0, 0.05) is 18.7 Å². The van der Waals surface area contributed by atoms with Crippen molar-refractivity contribution in [3.63, 3.8) is 0 Å². The largest absolute Gasteiger partial charge is 0.497 e. The zero-order chi connectivity index (χ0) is 26.2. The predicted octanol–water partition coefficient (Wildman–Crippen LogP) is 5.68. The molecule has 2 aromatic carbocycles. The number of hydrogen-bond donors (Lipinski definition) is 0. The third-order valence-electron chi connectivity index (χ3n) is 6.41. The van der Waals surface area contributed by atoms with Crippen LogP contribution in [0.3, 0.4) is 0 Å². The summed E-state index contributed by atoms with van der Waals surface area (Å²) < 4.78 is 22.4. The molecule has 0 radical (unpaired) electrons. The molecule has 0 aliphatic carbocycles. The molecule has 4 rings (SSSR count). The van der Waals surface area contributed by atoms with Crippen molar-refractivity contribution in [2.75, 3.05) is 40.5 Å². The van der Waals surface area contributed by atoms with Crippen LogP contribution in [-0.2, 0) is 9.47 Å². The molecule has 2 aliphatic heterocycles. The second-order valence-corrected chi connectivity index (χ2v) is 8.84. The van der Waals surface area contributed by atoms with Gasteiger partial charge in [0.25, 0.3) is 0 Å². The maximum absolute atomic E-state index is 10.3. The smallest absolute Gasteiger partial charge is 0.236 e. The first-order valence-corrected chi connectivity index (χ1v) is 12.5. The molecule has 0 amide bonds. The summed E-state index contributed by atoms with van der Waals surface area (Å²) in [5, 5.41) is 10.3. The summed E-state index contributed by atoms with van der Waals surface area (Å²) in [5.41, 5.74) is 4.58. The number of nitriles is 1. The molecule has 2 aromatic rings. The van der Waals surface area contributed by atoms with E-state index >= 15 is 0 Å². The van der Waals surface area contributed by atoms with E-state index in [0.717, 1.165) is 59.0 Å². The highest BCUT2D eigenvalue weighted by Gasteiger charge is 2.38. The van der Waals surface area contributed by atoms with Gasteiger partial charge in [0.2, 0.25) is 5.88 Å². The van der Waals surface area contributed by atoms with Crippen LogP contribution in [0.5, 0.6) is 11.5 Å². The van der Waals surface area contributed by atoms with Crippen molar-refractivity contribution in [2.45, 2.75) is 26.2 Å². The average Bonchev–Trinajstić information content (AvgIpc) is 2.93. The number of aliphatic imine (C=N–C) groups is 1. The zero-order valence-electron chi connectivity index (χ0n) is 21.9. The predicted molar refractivity (Wildman–Crippen MR) is 144 cm³/mol. The van der Waals surface area contributed by atoms with Crippen molar-refractivity contribution in [3.8, 4) is 17.6 Å². The van der Waals surface area contributed by atoms with Gasteiger partial charge in [-0.3, -0.25) is 4.90 Å². The third kappa shape index (κ3) is 5.87. The molecule has 0 saturated carbocycles. The Bertz CT molecular complexity index is 1250. The van der Waals surface area contributed by atoms with Crippen molar-refractivity contribution in [1.29, 1.82) is 5.26 Å². The van der Waals surface area contributed by atoms with E-state index in [1.165, 1.54) is 6.40 Å². The maximum Gasteiger partial charge on any atom is 0.236 e. The quantitative estimate of drug-likeness (QED) is 0.326. The van der Waals surface area contributed by atoms with Crippen molar-refractivity contribution in [2.24, 2.45) is 4.99 Å². The van der Waals surface area contributed by atoms with Crippen LogP contribution in [0.15, 0.2) is 81.9 Å². The van der Waals surface area contributed by atoms with E-state index in [4.69, 9.17) is 18.9 Å². The van der Waals surface area contributed by atoms with Gasteiger partial charge < -0.3 is 18.9 Å². The molecule has 7 nitrogen and oxygen atoms in total. The molecule has 1 unspecified atom stereocenters. The molecule has 2 heterocycles. The molecule has 2 aliphatic rings. The van der Waals surface area contributed by atoms with Crippen LogP contribution in [0, 0.1) is 11.3 Å². The molecule has 7 heteroatoms. The highest BCUT2D eigenvalue weighted by Crippen LogP contribution is 2.45. The molecule has 37 heavy (non-hydrogen) atoms. The monoisotopic (exact) mass is 499 g/mol. The van der Waals surface area contributed by atoms with Gasteiger partial charge in [-0.2, -0.15) is 10.3 Å². The second kappa shape index (κ2) is 12.3. The fourth-order valence-corrected chi connectivity index (χ4v) is 4.71. The molecule has 0 bridgehead atoms. The zero-order valence-corrected chi connectivity index (χ0v) is 21.9. The average molecular weight is 500 g/mol. The summed E-state index contributed by atoms with van der Waals surface area (Å²) in [6, 6.07) is 18.2. The highest BCUT2D eigenvalue weighted by atomic mass is 16.5. The first-order chi connectivity index (χ1) is 18.1. The Labute approximate surface area is 218 Å². The molecule has 0 fully saturated rings. The molecule has 0 spiro atoms. The highest BCUT2D eigenvalue weighted by molar-refractivity contribution is 5.64. The summed E-state index contributed by atoms with van der Waals surface area (Å²) in [7, 11) is 3.30. The second-order valence-electron chi connectivity index (χ2n) is 8.84. The number of nitrogens with zero attached hydrogens (tertiary/aromatic N) is 3. The van der Waals surface area contributed by atoms with Gasteiger partial charge >= 0.3 is 0 Å². The lowest BCUT2D eigenvalue weighted by molar-refractivity contribution is 0.233. The lowest BCUT2D eigenvalue weighted by atomic mass is 9.80. The van der Waals surface area contributed by atoms with Crippen molar-refractivity contribution in [1.82, 2.24) is 4.90 Å². The SMILES string of the molecule is CCCN1CC2=C(OC(N=COCC)=C(C#N)C2c2ccc(OC)cc2)/C(=C/c2ccc(OC)cc2)C1. The van der Waals surface area contributed by atoms with E-state index in [0.29, 0.717) is 18.7 Å². The van der Waals surface area contributed by atoms with E-state index in [2.05, 4.69) is 29.0 Å². The Morgan fingerprint density at radius 2 is 1.70 bits per heavy atom. The molecule has 192 valence electrons. The van der Waals surface area contributed by atoms with Crippen molar-refractivity contribution in [3.05, 3.63) is 88.0 Å². The van der Waals surface area contributed by atoms with Gasteiger partial charge in [-0.05, 0) is 66.9 Å². The lowest BCUT2D eigenvalue weighted by Crippen LogP contribution is -2.37. The molecule has 0 saturated heterocycles. The Morgan fingerprint density at radius 1 is 1.03 bits per heavy atom. The fraction of sp³-hybridized carbons (Fsp3) is 0.333. The number of allylic oxidation sites excluding steroid dienone is 1. The summed E-state index contributed by atoms with van der Waals surface area (Å²) in [4.78, 5) is 6.82. The Morgan fingerprint density at radius 3 is 2.30 bits per heavy atom. The van der Waals surface area contributed by atoms with E-state index in [-0.39, 0.29) is 11.8 Å². The third-order valence-corrected chi connectivity index (χ3v) is 6.41. The maximum atomic E-state index is 10.3. The van der Waals surface area contributed by atoms with Crippen molar-refractivity contribution >= 4 is 12.5 Å². The molecular formula is C30H33N3O4. The van der Waals surface area contributed by atoms with Crippen LogP contribution in [0.1, 0.15) is 37.3 Å². The van der Waals surface area contributed by atoms with E-state index in [1.54, 1.807) is 14.2 Å². The van der Waals surface area contributed by atoms with Gasteiger partial charge in [0.05, 0.1) is 26.7 Å². The van der Waals surface area contributed by atoms with Gasteiger partial charge in [0.1, 0.15) is 28.9 Å².